The van der Waals surface area contributed by atoms with E-state index in [-0.39, 0.29) is 6.54 Å². The topological polar surface area (TPSA) is 59.3 Å². The highest BCUT2D eigenvalue weighted by atomic mass is 19.4. The van der Waals surface area contributed by atoms with Gasteiger partial charge in [0.25, 0.3) is 0 Å². The second-order valence-electron chi connectivity index (χ2n) is 9.59. The van der Waals surface area contributed by atoms with Crippen molar-refractivity contribution < 1.29 is 13.2 Å². The largest absolute Gasteiger partial charge is 0.393 e. The average Bonchev–Trinajstić information content (AvgIpc) is 3.49. The Morgan fingerprint density at radius 2 is 1.67 bits per heavy atom. The second kappa shape index (κ2) is 9.07. The number of anilines is 1. The molecule has 0 spiro atoms. The maximum atomic E-state index is 14.0. The molecule has 2 aromatic rings. The number of piperidine rings is 1. The molecule has 1 aromatic carbocycles. The lowest BCUT2D eigenvalue weighted by Gasteiger charge is -2.38. The number of hydrogen-bond acceptors (Lipinski definition) is 6. The van der Waals surface area contributed by atoms with Gasteiger partial charge in [-0.2, -0.15) is 18.4 Å². The van der Waals surface area contributed by atoms with Crippen LogP contribution >= 0.6 is 0 Å². The van der Waals surface area contributed by atoms with Crippen LogP contribution in [0.1, 0.15) is 31.2 Å². The molecule has 0 radical (unpaired) electrons. The Bertz CT molecular complexity index is 1020. The normalized spacial score (nSPS) is 25.7. The van der Waals surface area contributed by atoms with Crippen LogP contribution in [0, 0.1) is 23.2 Å². The molecule has 0 unspecified atom stereocenters. The predicted molar refractivity (Wildman–Crippen MR) is 120 cm³/mol. The first-order chi connectivity index (χ1) is 15.9. The zero-order valence-corrected chi connectivity index (χ0v) is 18.6. The van der Waals surface area contributed by atoms with Crippen molar-refractivity contribution in [3.63, 3.8) is 0 Å². The number of alkyl halides is 3. The zero-order chi connectivity index (χ0) is 23.0. The second-order valence-corrected chi connectivity index (χ2v) is 9.59. The van der Waals surface area contributed by atoms with Crippen LogP contribution < -0.4 is 4.90 Å². The Hall–Kier alpha value is -2.44. The van der Waals surface area contributed by atoms with Gasteiger partial charge >= 0.3 is 6.18 Å². The first-order valence-electron chi connectivity index (χ1n) is 11.9. The van der Waals surface area contributed by atoms with Gasteiger partial charge in [-0.05, 0) is 64.0 Å². The van der Waals surface area contributed by atoms with Crippen molar-refractivity contribution >= 4 is 16.7 Å². The third-order valence-corrected chi connectivity index (χ3v) is 7.63. The smallest absolute Gasteiger partial charge is 0.369 e. The van der Waals surface area contributed by atoms with Gasteiger partial charge in [-0.3, -0.25) is 9.97 Å². The minimum Gasteiger partial charge on any atom is -0.369 e. The summed E-state index contributed by atoms with van der Waals surface area (Å²) in [5, 5.41) is 9.36. The Balaban J connectivity index is 1.32. The van der Waals surface area contributed by atoms with E-state index in [0.29, 0.717) is 41.4 Å². The van der Waals surface area contributed by atoms with Gasteiger partial charge in [-0.1, -0.05) is 0 Å². The summed E-state index contributed by atoms with van der Waals surface area (Å²) in [5.41, 5.74) is 1.94. The number of likely N-dealkylation sites (tertiary alicyclic amines) is 2. The van der Waals surface area contributed by atoms with Crippen LogP contribution in [0.4, 0.5) is 18.9 Å². The number of benzene rings is 1. The van der Waals surface area contributed by atoms with Gasteiger partial charge in [0.05, 0.1) is 17.2 Å². The monoisotopic (exact) mass is 458 g/mol. The lowest BCUT2D eigenvalue weighted by molar-refractivity contribution is -0.180. The zero-order valence-electron chi connectivity index (χ0n) is 18.6. The third-order valence-electron chi connectivity index (χ3n) is 7.63. The number of halogens is 3. The molecule has 3 aliphatic rings. The van der Waals surface area contributed by atoms with E-state index in [4.69, 9.17) is 0 Å². The summed E-state index contributed by atoms with van der Waals surface area (Å²) in [6.07, 6.45) is 3.39. The summed E-state index contributed by atoms with van der Waals surface area (Å²) in [6.45, 7) is 4.78. The molecule has 176 valence electrons. The highest BCUT2D eigenvalue weighted by Crippen LogP contribution is 2.41. The number of fused-ring (bicyclic) bond motifs is 1. The quantitative estimate of drug-likeness (QED) is 0.697. The van der Waals surface area contributed by atoms with Gasteiger partial charge in [-0.15, -0.1) is 0 Å². The van der Waals surface area contributed by atoms with Crippen molar-refractivity contribution in [1.29, 1.82) is 5.26 Å². The molecule has 3 saturated heterocycles. The van der Waals surface area contributed by atoms with Crippen LogP contribution in [0.15, 0.2) is 24.5 Å². The molecule has 3 fully saturated rings. The molecule has 4 heterocycles. The van der Waals surface area contributed by atoms with Crippen LogP contribution in [0.2, 0.25) is 0 Å². The molecule has 0 amide bonds. The number of nitrogens with zero attached hydrogens (tertiary/aromatic N) is 6. The van der Waals surface area contributed by atoms with Crippen molar-refractivity contribution in [3.05, 3.63) is 30.1 Å². The Kier molecular flexibility index (Phi) is 6.14. The Labute approximate surface area is 192 Å². The highest BCUT2D eigenvalue weighted by molar-refractivity contribution is 5.92. The van der Waals surface area contributed by atoms with Gasteiger partial charge in [0.2, 0.25) is 0 Å². The Morgan fingerprint density at radius 1 is 0.970 bits per heavy atom. The molecular formula is C24H29F3N6. The summed E-state index contributed by atoms with van der Waals surface area (Å²) < 4.78 is 42.1. The van der Waals surface area contributed by atoms with Crippen molar-refractivity contribution in [1.82, 2.24) is 19.8 Å². The third kappa shape index (κ3) is 4.51. The molecule has 1 aromatic heterocycles. The van der Waals surface area contributed by atoms with Crippen LogP contribution in [-0.2, 0) is 0 Å². The summed E-state index contributed by atoms with van der Waals surface area (Å²) in [5.74, 6) is -1.87. The van der Waals surface area contributed by atoms with E-state index < -0.39 is 18.0 Å². The van der Waals surface area contributed by atoms with E-state index in [1.807, 2.05) is 0 Å². The maximum Gasteiger partial charge on any atom is 0.393 e. The molecule has 9 heteroatoms. The van der Waals surface area contributed by atoms with Gasteiger partial charge in [0.15, 0.2) is 0 Å². The van der Waals surface area contributed by atoms with Gasteiger partial charge < -0.3 is 14.7 Å². The van der Waals surface area contributed by atoms with Crippen molar-refractivity contribution in [2.24, 2.45) is 11.8 Å². The summed E-state index contributed by atoms with van der Waals surface area (Å²) >= 11 is 0. The minimum atomic E-state index is -4.25. The van der Waals surface area contributed by atoms with Crippen LogP contribution in [-0.4, -0.2) is 77.8 Å². The number of hydrogen-bond donors (Lipinski definition) is 0. The SMILES string of the molecule is N#Cc1ccc(N2C[C@H](CN3CCC(N4CCCC4)CC3)[C@@H](C(F)(F)F)C2)c2nccnc12. The van der Waals surface area contributed by atoms with Gasteiger partial charge in [0, 0.05) is 44.0 Å². The lowest BCUT2D eigenvalue weighted by atomic mass is 9.93. The van der Waals surface area contributed by atoms with E-state index in [1.165, 1.54) is 38.3 Å². The fourth-order valence-corrected chi connectivity index (χ4v) is 5.92. The van der Waals surface area contributed by atoms with E-state index in [2.05, 4.69) is 25.8 Å². The fourth-order valence-electron chi connectivity index (χ4n) is 5.92. The Morgan fingerprint density at radius 3 is 2.33 bits per heavy atom. The van der Waals surface area contributed by atoms with Crippen molar-refractivity contribution in [3.8, 4) is 6.07 Å². The maximum absolute atomic E-state index is 14.0. The van der Waals surface area contributed by atoms with E-state index >= 15 is 0 Å². The number of nitriles is 1. The molecule has 5 rings (SSSR count). The van der Waals surface area contributed by atoms with E-state index in [9.17, 15) is 18.4 Å². The molecule has 3 aliphatic heterocycles. The van der Waals surface area contributed by atoms with Gasteiger partial charge in [0.1, 0.15) is 17.1 Å². The summed E-state index contributed by atoms with van der Waals surface area (Å²) in [6, 6.07) is 6.03. The van der Waals surface area contributed by atoms with Crippen LogP contribution in [0.25, 0.3) is 11.0 Å². The molecular weight excluding hydrogens is 429 g/mol. The number of rotatable bonds is 4. The molecule has 2 atom stereocenters. The molecule has 33 heavy (non-hydrogen) atoms. The molecule has 0 N–H and O–H groups in total. The summed E-state index contributed by atoms with van der Waals surface area (Å²) in [7, 11) is 0. The highest BCUT2D eigenvalue weighted by Gasteiger charge is 2.50. The van der Waals surface area contributed by atoms with Crippen molar-refractivity contribution in [2.75, 3.05) is 50.7 Å². The van der Waals surface area contributed by atoms with Gasteiger partial charge in [-0.25, -0.2) is 0 Å². The molecule has 0 saturated carbocycles. The standard InChI is InChI=1S/C24H29F3N6/c25-24(26,27)20-16-33(21-4-3-17(13-28)22-23(21)30-8-7-29-22)15-18(20)14-31-11-5-19(6-12-31)32-9-1-2-10-32/h3-4,7-8,18-20H,1-2,5-6,9-12,14-16H2/t18-,20-/m0/s1. The fraction of sp³-hybridized carbons (Fsp3) is 0.625. The molecule has 0 bridgehead atoms. The van der Waals surface area contributed by atoms with Crippen molar-refractivity contribution in [2.45, 2.75) is 37.9 Å². The molecule has 6 nitrogen and oxygen atoms in total. The predicted octanol–water partition coefficient (Wildman–Crippen LogP) is 3.68. The van der Waals surface area contributed by atoms with Crippen LogP contribution in [0.3, 0.4) is 0 Å². The van der Waals surface area contributed by atoms with E-state index in [1.54, 1.807) is 17.0 Å². The average molecular weight is 459 g/mol. The van der Waals surface area contributed by atoms with E-state index in [0.717, 1.165) is 25.9 Å². The summed E-state index contributed by atoms with van der Waals surface area (Å²) in [4.78, 5) is 15.2. The first kappa shape index (κ1) is 22.4. The minimum absolute atomic E-state index is 0.0873. The first-order valence-corrected chi connectivity index (χ1v) is 11.9. The molecule has 0 aliphatic carbocycles. The van der Waals surface area contributed by atoms with Crippen LogP contribution in [0.5, 0.6) is 0 Å². The number of aromatic nitrogens is 2. The lowest BCUT2D eigenvalue weighted by Crippen LogP contribution is -2.46.